The van der Waals surface area contributed by atoms with Crippen LogP contribution in [0.1, 0.15) is 78.0 Å². The van der Waals surface area contributed by atoms with Gasteiger partial charge in [0.2, 0.25) is 0 Å². The second-order valence-corrected chi connectivity index (χ2v) is 20.5. The van der Waals surface area contributed by atoms with Gasteiger partial charge in [-0.15, -0.1) is 0 Å². The van der Waals surface area contributed by atoms with Crippen LogP contribution in [-0.2, 0) is 0 Å². The Morgan fingerprint density at radius 3 is 1.48 bits per heavy atom. The van der Waals surface area contributed by atoms with E-state index in [-0.39, 0.29) is 0 Å². The molecule has 0 N–H and O–H groups in total. The number of benzene rings is 1. The Balaban J connectivity index is 3.67. The molecule has 0 heterocycles. The van der Waals surface area contributed by atoms with Gasteiger partial charge in [-0.2, -0.15) is 0 Å². The molecule has 0 aliphatic rings. The molecule has 0 spiro atoms. The summed E-state index contributed by atoms with van der Waals surface area (Å²) in [5.74, 6) is 0.621. The fourth-order valence-corrected chi connectivity index (χ4v) is 19.2. The molecule has 0 nitrogen and oxygen atoms in total. The Bertz CT molecular complexity index is 459. The molecule has 0 atom stereocenters. The molecule has 0 saturated heterocycles. The third kappa shape index (κ3) is 3.26. The van der Waals surface area contributed by atoms with Crippen molar-refractivity contribution in [2.24, 2.45) is 0 Å². The Kier molecular flexibility index (Phi) is 6.18. The molecule has 1 aromatic carbocycles. The van der Waals surface area contributed by atoms with Gasteiger partial charge in [-0.3, -0.25) is 0 Å². The van der Waals surface area contributed by atoms with Crippen LogP contribution in [0.4, 0.5) is 0 Å². The molecule has 1 heteroatoms. The summed E-state index contributed by atoms with van der Waals surface area (Å²) in [5.41, 5.74) is 4.57. The van der Waals surface area contributed by atoms with E-state index in [1.165, 1.54) is 11.1 Å². The van der Waals surface area contributed by atoms with Crippen LogP contribution in [0.5, 0.6) is 0 Å². The number of rotatable bonds is 5. The fourth-order valence-electron chi connectivity index (χ4n) is 4.74. The topological polar surface area (TPSA) is 0 Å². The Morgan fingerprint density at radius 1 is 0.714 bits per heavy atom. The molecule has 0 unspecified atom stereocenters. The SMILES string of the molecule is Cc1c[c]([Ge]([CH](C)C)([CH](C)C)[CH](C)C)cc(C(C)C)c1C. The molecule has 0 aliphatic heterocycles. The summed E-state index contributed by atoms with van der Waals surface area (Å²) in [6, 6.07) is 5.13. The van der Waals surface area contributed by atoms with Crippen molar-refractivity contribution in [1.29, 1.82) is 0 Å². The van der Waals surface area contributed by atoms with Gasteiger partial charge in [0.1, 0.15) is 0 Å². The zero-order valence-electron chi connectivity index (χ0n) is 16.0. The first-order chi connectivity index (χ1) is 9.56. The molecular formula is C20H36Ge. The monoisotopic (exact) mass is 350 g/mol. The summed E-state index contributed by atoms with van der Waals surface area (Å²) in [5, 5.41) is 0. The Labute approximate surface area is 136 Å². The molecule has 0 aliphatic carbocycles. The van der Waals surface area contributed by atoms with Crippen molar-refractivity contribution in [3.05, 3.63) is 28.8 Å². The van der Waals surface area contributed by atoms with E-state index >= 15 is 0 Å². The van der Waals surface area contributed by atoms with Gasteiger partial charge in [0, 0.05) is 0 Å². The van der Waals surface area contributed by atoms with Gasteiger partial charge in [-0.1, -0.05) is 0 Å². The summed E-state index contributed by atoms with van der Waals surface area (Å²) in [6.45, 7) is 24.1. The number of hydrogen-bond acceptors (Lipinski definition) is 0. The summed E-state index contributed by atoms with van der Waals surface area (Å²) >= 11 is -2.16. The van der Waals surface area contributed by atoms with E-state index in [2.05, 4.69) is 81.4 Å². The predicted octanol–water partition coefficient (Wildman–Crippen LogP) is 6.31. The second-order valence-electron chi connectivity index (χ2n) is 8.06. The normalized spacial score (nSPS) is 13.0. The van der Waals surface area contributed by atoms with E-state index < -0.39 is 13.3 Å². The molecule has 21 heavy (non-hydrogen) atoms. The summed E-state index contributed by atoms with van der Waals surface area (Å²) in [7, 11) is 0. The minimum atomic E-state index is -2.16. The Hall–Kier alpha value is -0.237. The van der Waals surface area contributed by atoms with Gasteiger partial charge in [0.25, 0.3) is 0 Å². The predicted molar refractivity (Wildman–Crippen MR) is 101 cm³/mol. The average Bonchev–Trinajstić information content (AvgIpc) is 2.32. The molecule has 120 valence electrons. The molecule has 0 aromatic heterocycles. The van der Waals surface area contributed by atoms with E-state index in [9.17, 15) is 0 Å². The van der Waals surface area contributed by atoms with E-state index in [4.69, 9.17) is 0 Å². The molecule has 0 fully saturated rings. The molecule has 0 bridgehead atoms. The van der Waals surface area contributed by atoms with Crippen molar-refractivity contribution in [3.8, 4) is 0 Å². The Morgan fingerprint density at radius 2 is 1.14 bits per heavy atom. The van der Waals surface area contributed by atoms with Gasteiger partial charge >= 0.3 is 136 Å². The second kappa shape index (κ2) is 6.90. The van der Waals surface area contributed by atoms with Crippen LogP contribution in [0.2, 0.25) is 14.3 Å². The quantitative estimate of drug-likeness (QED) is 0.546. The first-order valence-corrected chi connectivity index (χ1v) is 13.4. The molecule has 1 aromatic rings. The molecule has 1 rings (SSSR count). The summed E-state index contributed by atoms with van der Waals surface area (Å²) < 4.78 is 4.22. The van der Waals surface area contributed by atoms with Crippen LogP contribution >= 0.6 is 0 Å². The van der Waals surface area contributed by atoms with E-state index in [1.807, 2.05) is 0 Å². The van der Waals surface area contributed by atoms with Crippen LogP contribution in [0.3, 0.4) is 0 Å². The maximum atomic E-state index is 2.59. The molecule has 0 radical (unpaired) electrons. The number of aryl methyl sites for hydroxylation is 1. The van der Waals surface area contributed by atoms with Crippen LogP contribution in [0.15, 0.2) is 12.1 Å². The molecule has 0 saturated carbocycles. The van der Waals surface area contributed by atoms with Crippen LogP contribution in [0, 0.1) is 13.8 Å². The van der Waals surface area contributed by atoms with Gasteiger partial charge in [-0.25, -0.2) is 0 Å². The number of hydrogen-bond donors (Lipinski definition) is 0. The van der Waals surface area contributed by atoms with Crippen molar-refractivity contribution in [3.63, 3.8) is 0 Å². The van der Waals surface area contributed by atoms with Gasteiger partial charge < -0.3 is 0 Å². The molecular weight excluding hydrogens is 313 g/mol. The first kappa shape index (κ1) is 18.8. The van der Waals surface area contributed by atoms with Crippen molar-refractivity contribution >= 4 is 17.7 Å². The van der Waals surface area contributed by atoms with Crippen LogP contribution in [-0.4, -0.2) is 13.3 Å². The van der Waals surface area contributed by atoms with Gasteiger partial charge in [0.15, 0.2) is 0 Å². The minimum absolute atomic E-state index is 0.621. The van der Waals surface area contributed by atoms with Crippen molar-refractivity contribution < 1.29 is 0 Å². The van der Waals surface area contributed by atoms with E-state index in [0.717, 1.165) is 14.3 Å². The third-order valence-corrected chi connectivity index (χ3v) is 20.4. The van der Waals surface area contributed by atoms with Crippen molar-refractivity contribution in [1.82, 2.24) is 0 Å². The maximum absolute atomic E-state index is 2.59. The van der Waals surface area contributed by atoms with Crippen molar-refractivity contribution in [2.75, 3.05) is 0 Å². The van der Waals surface area contributed by atoms with E-state index in [0.29, 0.717) is 5.92 Å². The summed E-state index contributed by atoms with van der Waals surface area (Å²) in [6.07, 6.45) is 0. The summed E-state index contributed by atoms with van der Waals surface area (Å²) in [4.78, 5) is 0. The van der Waals surface area contributed by atoms with Gasteiger partial charge in [0.05, 0.1) is 0 Å². The van der Waals surface area contributed by atoms with Gasteiger partial charge in [-0.05, 0) is 0 Å². The third-order valence-electron chi connectivity index (χ3n) is 5.70. The zero-order chi connectivity index (χ0) is 16.5. The van der Waals surface area contributed by atoms with Crippen molar-refractivity contribution in [2.45, 2.75) is 89.4 Å². The first-order valence-electron chi connectivity index (χ1n) is 8.68. The van der Waals surface area contributed by atoms with E-state index in [1.54, 1.807) is 9.96 Å². The molecule has 0 amide bonds. The fraction of sp³-hybridized carbons (Fsp3) is 0.700. The van der Waals surface area contributed by atoms with Crippen LogP contribution in [0.25, 0.3) is 0 Å². The zero-order valence-corrected chi connectivity index (χ0v) is 18.1. The van der Waals surface area contributed by atoms with Crippen LogP contribution < -0.4 is 4.40 Å². The standard InChI is InChI=1S/C20H36Ge/c1-13(2)20-12-19(11-17(9)18(20)10)21(14(3)4,15(5)6)16(7)8/h11-16H,1-10H3. The average molecular weight is 349 g/mol.